The Balaban J connectivity index is 1.63. The van der Waals surface area contributed by atoms with E-state index in [2.05, 4.69) is 34.1 Å². The normalized spacial score (nSPS) is 17.3. The van der Waals surface area contributed by atoms with Gasteiger partial charge in [-0.1, -0.05) is 23.4 Å². The molecule has 0 saturated carbocycles. The number of nitrogens with zero attached hydrogens (tertiary/aromatic N) is 3. The van der Waals surface area contributed by atoms with Crippen molar-refractivity contribution in [2.24, 2.45) is 5.16 Å². The van der Waals surface area contributed by atoms with Gasteiger partial charge in [0.1, 0.15) is 18.9 Å². The number of carbonyl (C=O) groups is 3. The third-order valence-electron chi connectivity index (χ3n) is 5.76. The number of likely N-dealkylation sites (tertiary alicyclic amines) is 1. The van der Waals surface area contributed by atoms with E-state index in [-0.39, 0.29) is 37.0 Å². The number of aromatic nitrogens is 1. The summed E-state index contributed by atoms with van der Waals surface area (Å²) in [5.74, 6) is -0.953. The highest BCUT2D eigenvalue weighted by Gasteiger charge is 2.38. The van der Waals surface area contributed by atoms with Gasteiger partial charge in [-0.05, 0) is 38.1 Å². The number of para-hydroxylation sites is 1. The number of benzene rings is 2. The van der Waals surface area contributed by atoms with Crippen molar-refractivity contribution in [3.05, 3.63) is 42.5 Å². The van der Waals surface area contributed by atoms with Gasteiger partial charge in [0.05, 0.1) is 18.7 Å². The minimum absolute atomic E-state index is 0.168. The second-order valence-corrected chi connectivity index (χ2v) is 7.94. The van der Waals surface area contributed by atoms with E-state index in [1.165, 1.54) is 18.9 Å². The van der Waals surface area contributed by atoms with Crippen LogP contribution in [0.1, 0.15) is 26.7 Å². The average Bonchev–Trinajstić information content (AvgIpc) is 3.33. The fraction of sp³-hybridized carbons (Fsp3) is 0.333. The summed E-state index contributed by atoms with van der Waals surface area (Å²) in [5.41, 5.74) is 3.48. The van der Waals surface area contributed by atoms with Crippen molar-refractivity contribution in [1.82, 2.24) is 9.47 Å². The van der Waals surface area contributed by atoms with Gasteiger partial charge in [-0.2, -0.15) is 0 Å². The zero-order valence-corrected chi connectivity index (χ0v) is 18.4. The topological polar surface area (TPSA) is 93.0 Å². The minimum atomic E-state index is -0.747. The van der Waals surface area contributed by atoms with Crippen LogP contribution in [0.25, 0.3) is 21.8 Å². The number of carbonyl (C=O) groups excluding carboxylic acids is 3. The number of hydrogen-bond donors (Lipinski definition) is 1. The maximum atomic E-state index is 13.1. The lowest BCUT2D eigenvalue weighted by molar-refractivity contribution is -0.139. The lowest BCUT2D eigenvalue weighted by Crippen LogP contribution is -2.43. The molecule has 1 atom stereocenters. The van der Waals surface area contributed by atoms with Gasteiger partial charge < -0.3 is 19.6 Å². The Morgan fingerprint density at radius 3 is 2.59 bits per heavy atom. The van der Waals surface area contributed by atoms with E-state index >= 15 is 0 Å². The molecule has 2 amide bonds. The van der Waals surface area contributed by atoms with Gasteiger partial charge in [-0.3, -0.25) is 14.4 Å². The molecule has 8 nitrogen and oxygen atoms in total. The van der Waals surface area contributed by atoms with Crippen LogP contribution < -0.4 is 5.32 Å². The van der Waals surface area contributed by atoms with E-state index in [1.54, 1.807) is 0 Å². The number of rotatable bonds is 6. The number of ketones is 1. The highest BCUT2D eigenvalue weighted by molar-refractivity contribution is 6.11. The van der Waals surface area contributed by atoms with Gasteiger partial charge in [0.25, 0.3) is 0 Å². The summed E-state index contributed by atoms with van der Waals surface area (Å²) in [6.07, 6.45) is 0.0211. The van der Waals surface area contributed by atoms with E-state index in [4.69, 9.17) is 4.84 Å². The Kier molecular flexibility index (Phi) is 5.94. The third kappa shape index (κ3) is 3.95. The van der Waals surface area contributed by atoms with Crippen molar-refractivity contribution in [2.45, 2.75) is 39.3 Å². The molecule has 0 spiro atoms. The van der Waals surface area contributed by atoms with Crippen LogP contribution in [0.3, 0.4) is 0 Å². The zero-order chi connectivity index (χ0) is 22.8. The largest absolute Gasteiger partial charge is 0.399 e. The first kappa shape index (κ1) is 21.5. The number of nitrogens with one attached hydrogen (secondary N) is 1. The van der Waals surface area contributed by atoms with Gasteiger partial charge in [-0.25, -0.2) is 0 Å². The molecule has 3 aromatic rings. The molecule has 0 bridgehead atoms. The lowest BCUT2D eigenvalue weighted by atomic mass is 10.1. The van der Waals surface area contributed by atoms with Crippen LogP contribution >= 0.6 is 0 Å². The molecule has 0 unspecified atom stereocenters. The SMILES string of the molecule is CCn1c2ccccc2c2cc(NC(=O)[C@@H]3C/C(=N\OC)CN3C(=O)CC(C)=O)ccc21. The van der Waals surface area contributed by atoms with E-state index in [0.29, 0.717) is 11.4 Å². The molecule has 8 heteroatoms. The Morgan fingerprint density at radius 1 is 1.12 bits per heavy atom. The average molecular weight is 434 g/mol. The molecule has 1 aliphatic rings. The summed E-state index contributed by atoms with van der Waals surface area (Å²) in [6, 6.07) is 13.3. The van der Waals surface area contributed by atoms with Gasteiger partial charge >= 0.3 is 0 Å². The summed E-state index contributed by atoms with van der Waals surface area (Å²) >= 11 is 0. The lowest BCUT2D eigenvalue weighted by Gasteiger charge is -2.23. The molecule has 1 aromatic heterocycles. The highest BCUT2D eigenvalue weighted by Crippen LogP contribution is 2.31. The second-order valence-electron chi connectivity index (χ2n) is 7.94. The van der Waals surface area contributed by atoms with E-state index in [1.807, 2.05) is 30.3 Å². The molecule has 4 rings (SSSR count). The number of amides is 2. The van der Waals surface area contributed by atoms with Gasteiger partial charge in [0.2, 0.25) is 11.8 Å². The summed E-state index contributed by atoms with van der Waals surface area (Å²) in [5, 5.41) is 9.04. The molecule has 2 aromatic carbocycles. The number of aryl methyl sites for hydroxylation is 1. The predicted molar refractivity (Wildman–Crippen MR) is 124 cm³/mol. The van der Waals surface area contributed by atoms with Gasteiger partial charge in [0, 0.05) is 40.5 Å². The number of fused-ring (bicyclic) bond motifs is 3. The third-order valence-corrected chi connectivity index (χ3v) is 5.76. The van der Waals surface area contributed by atoms with Crippen molar-refractivity contribution in [1.29, 1.82) is 0 Å². The van der Waals surface area contributed by atoms with Crippen molar-refractivity contribution in [2.75, 3.05) is 19.0 Å². The maximum absolute atomic E-state index is 13.1. The number of Topliss-reactive ketones (excluding diaryl/α,β-unsaturated/α-hetero) is 1. The van der Waals surface area contributed by atoms with E-state index in [0.717, 1.165) is 28.4 Å². The molecule has 1 fully saturated rings. The summed E-state index contributed by atoms with van der Waals surface area (Å²) in [4.78, 5) is 43.4. The summed E-state index contributed by atoms with van der Waals surface area (Å²) < 4.78 is 2.24. The van der Waals surface area contributed by atoms with Crippen molar-refractivity contribution < 1.29 is 19.2 Å². The highest BCUT2D eigenvalue weighted by atomic mass is 16.6. The standard InChI is InChI=1S/C24H26N4O4/c1-4-27-20-8-6-5-7-18(20)19-12-16(9-10-21(19)27)25-24(31)22-13-17(26-32-3)14-28(22)23(30)11-15(2)29/h5-10,12,22H,4,11,13-14H2,1-3H3,(H,25,31)/b26-17+/t22-/m0/s1. The molecular formula is C24H26N4O4. The van der Waals surface area contributed by atoms with Gasteiger partial charge in [-0.15, -0.1) is 0 Å². The van der Waals surface area contributed by atoms with Crippen molar-refractivity contribution in [3.63, 3.8) is 0 Å². The van der Waals surface area contributed by atoms with Crippen molar-refractivity contribution >= 4 is 50.8 Å². The molecule has 1 aliphatic heterocycles. The van der Waals surface area contributed by atoms with Crippen LogP contribution in [0, 0.1) is 0 Å². The molecule has 0 aliphatic carbocycles. The smallest absolute Gasteiger partial charge is 0.247 e. The molecule has 166 valence electrons. The van der Waals surface area contributed by atoms with Crippen LogP contribution in [-0.4, -0.2) is 52.5 Å². The first-order valence-electron chi connectivity index (χ1n) is 10.6. The number of anilines is 1. The number of oxime groups is 1. The minimum Gasteiger partial charge on any atom is -0.399 e. The Hall–Kier alpha value is -3.68. The Bertz CT molecular complexity index is 1240. The fourth-order valence-electron chi connectivity index (χ4n) is 4.41. The van der Waals surface area contributed by atoms with Crippen LogP contribution in [0.2, 0.25) is 0 Å². The first-order valence-corrected chi connectivity index (χ1v) is 10.6. The second kappa shape index (κ2) is 8.82. The molecule has 32 heavy (non-hydrogen) atoms. The number of hydrogen-bond acceptors (Lipinski definition) is 5. The predicted octanol–water partition coefficient (Wildman–Crippen LogP) is 3.34. The maximum Gasteiger partial charge on any atom is 0.247 e. The molecule has 2 heterocycles. The summed E-state index contributed by atoms with van der Waals surface area (Å²) in [6.45, 7) is 4.47. The van der Waals surface area contributed by atoms with E-state index in [9.17, 15) is 14.4 Å². The summed E-state index contributed by atoms with van der Waals surface area (Å²) in [7, 11) is 1.42. The van der Waals surface area contributed by atoms with E-state index < -0.39 is 6.04 Å². The van der Waals surface area contributed by atoms with Crippen LogP contribution in [-0.2, 0) is 25.8 Å². The van der Waals surface area contributed by atoms with Crippen molar-refractivity contribution in [3.8, 4) is 0 Å². The molecule has 1 N–H and O–H groups in total. The van der Waals surface area contributed by atoms with Crippen LogP contribution in [0.4, 0.5) is 5.69 Å². The molecule has 1 saturated heterocycles. The monoisotopic (exact) mass is 434 g/mol. The first-order chi connectivity index (χ1) is 15.4. The van der Waals surface area contributed by atoms with Crippen LogP contribution in [0.15, 0.2) is 47.6 Å². The Morgan fingerprint density at radius 2 is 1.88 bits per heavy atom. The fourth-order valence-corrected chi connectivity index (χ4v) is 4.41. The Labute approximate surface area is 185 Å². The zero-order valence-electron chi connectivity index (χ0n) is 18.4. The van der Waals surface area contributed by atoms with Crippen LogP contribution in [0.5, 0.6) is 0 Å². The molecular weight excluding hydrogens is 408 g/mol. The molecule has 0 radical (unpaired) electrons. The quantitative estimate of drug-likeness (QED) is 0.476. The van der Waals surface area contributed by atoms with Gasteiger partial charge in [0.15, 0.2) is 0 Å².